The number of nitrogens with one attached hydrogen (secondary N) is 1. The van der Waals surface area contributed by atoms with Gasteiger partial charge in [-0.05, 0) is 29.2 Å². The molecule has 0 saturated carbocycles. The van der Waals surface area contributed by atoms with E-state index in [1.54, 1.807) is 48.5 Å². The molecule has 35 heavy (non-hydrogen) atoms. The Kier molecular flexibility index (Phi) is 8.43. The largest absolute Gasteiger partial charge is 0.481 e. The highest BCUT2D eigenvalue weighted by atomic mass is 35.5. The smallest absolute Gasteiger partial charge is 0.305 e. The number of aliphatic hydroxyl groups is 1. The average molecular weight is 520 g/mol. The van der Waals surface area contributed by atoms with E-state index in [4.69, 9.17) is 27.9 Å². The van der Waals surface area contributed by atoms with Crippen LogP contribution in [-0.4, -0.2) is 44.6 Å². The zero-order chi connectivity index (χ0) is 25.8. The summed E-state index contributed by atoms with van der Waals surface area (Å²) in [6.07, 6.45) is -1.16. The lowest BCUT2D eigenvalue weighted by Gasteiger charge is -2.25. The Hall–Kier alpha value is -3.07. The van der Waals surface area contributed by atoms with E-state index in [0.29, 0.717) is 21.3 Å². The predicted octanol–water partition coefficient (Wildman–Crippen LogP) is 4.91. The molecule has 186 valence electrons. The van der Waals surface area contributed by atoms with Crippen molar-refractivity contribution in [3.63, 3.8) is 0 Å². The predicted molar refractivity (Wildman–Crippen MR) is 133 cm³/mol. The van der Waals surface area contributed by atoms with E-state index < -0.39 is 29.4 Å². The summed E-state index contributed by atoms with van der Waals surface area (Å²) in [6, 6.07) is 14.1. The molecule has 0 saturated heterocycles. The van der Waals surface area contributed by atoms with E-state index in [0.717, 1.165) is 0 Å². The third-order valence-electron chi connectivity index (χ3n) is 5.34. The fourth-order valence-electron chi connectivity index (χ4n) is 3.19. The molecule has 1 aromatic heterocycles. The molecule has 0 fully saturated rings. The first kappa shape index (κ1) is 26.5. The SMILES string of the molecule is CC(C)(C)[C@H](O)COc1cc(C(=O)N[C@@H](CC(=O)O)c2ccccc2Cl)nn1-c1ccccc1Cl. The van der Waals surface area contributed by atoms with Crippen molar-refractivity contribution < 1.29 is 24.5 Å². The number of carboxylic acids is 1. The number of amides is 1. The maximum absolute atomic E-state index is 13.1. The van der Waals surface area contributed by atoms with Crippen LogP contribution in [0.5, 0.6) is 5.88 Å². The highest BCUT2D eigenvalue weighted by Gasteiger charge is 2.26. The number of nitrogens with zero attached hydrogens (tertiary/aromatic N) is 2. The number of aromatic nitrogens is 2. The van der Waals surface area contributed by atoms with Crippen LogP contribution in [0.4, 0.5) is 0 Å². The first-order valence-electron chi connectivity index (χ1n) is 10.9. The first-order valence-corrected chi connectivity index (χ1v) is 11.7. The number of hydrogen-bond donors (Lipinski definition) is 3. The third-order valence-corrected chi connectivity index (χ3v) is 6.01. The minimum Gasteiger partial charge on any atom is -0.481 e. The van der Waals surface area contributed by atoms with Crippen molar-refractivity contribution in [2.24, 2.45) is 5.41 Å². The monoisotopic (exact) mass is 519 g/mol. The topological polar surface area (TPSA) is 114 Å². The quantitative estimate of drug-likeness (QED) is 0.370. The van der Waals surface area contributed by atoms with Crippen LogP contribution < -0.4 is 10.1 Å². The average Bonchev–Trinajstić information content (AvgIpc) is 3.21. The molecule has 0 unspecified atom stereocenters. The summed E-state index contributed by atoms with van der Waals surface area (Å²) in [7, 11) is 0. The number of hydrogen-bond acceptors (Lipinski definition) is 5. The fraction of sp³-hybridized carbons (Fsp3) is 0.320. The molecular formula is C25H27Cl2N3O5. The van der Waals surface area contributed by atoms with E-state index in [1.165, 1.54) is 10.7 Å². The van der Waals surface area contributed by atoms with E-state index in [-0.39, 0.29) is 24.6 Å². The number of para-hydroxylation sites is 1. The number of aliphatic carboxylic acids is 1. The summed E-state index contributed by atoms with van der Waals surface area (Å²) in [6.45, 7) is 5.59. The molecule has 2 atom stereocenters. The summed E-state index contributed by atoms with van der Waals surface area (Å²) in [5.41, 5.74) is 0.503. The molecule has 3 rings (SSSR count). The van der Waals surface area contributed by atoms with Gasteiger partial charge in [0.05, 0.1) is 29.3 Å². The molecule has 8 nitrogen and oxygen atoms in total. The van der Waals surface area contributed by atoms with Crippen molar-refractivity contribution in [3.8, 4) is 11.6 Å². The molecule has 0 radical (unpaired) electrons. The Morgan fingerprint density at radius 3 is 2.31 bits per heavy atom. The normalized spacial score (nSPS) is 13.2. The minimum atomic E-state index is -1.10. The summed E-state index contributed by atoms with van der Waals surface area (Å²) < 4.78 is 7.20. The van der Waals surface area contributed by atoms with Crippen LogP contribution in [0.15, 0.2) is 54.6 Å². The molecule has 0 aliphatic heterocycles. The first-order chi connectivity index (χ1) is 16.5. The van der Waals surface area contributed by atoms with Gasteiger partial charge in [-0.1, -0.05) is 74.3 Å². The van der Waals surface area contributed by atoms with Crippen LogP contribution in [0.25, 0.3) is 5.69 Å². The molecular weight excluding hydrogens is 493 g/mol. The number of benzene rings is 2. The number of rotatable bonds is 9. The van der Waals surface area contributed by atoms with Gasteiger partial charge in [-0.25, -0.2) is 0 Å². The minimum absolute atomic E-state index is 0.0207. The second-order valence-electron chi connectivity index (χ2n) is 9.07. The van der Waals surface area contributed by atoms with Crippen LogP contribution >= 0.6 is 23.2 Å². The lowest BCUT2D eigenvalue weighted by molar-refractivity contribution is -0.137. The van der Waals surface area contributed by atoms with E-state index in [1.807, 2.05) is 20.8 Å². The van der Waals surface area contributed by atoms with Crippen molar-refractivity contribution in [2.45, 2.75) is 39.3 Å². The third kappa shape index (κ3) is 6.75. The van der Waals surface area contributed by atoms with Gasteiger partial charge in [-0.3, -0.25) is 9.59 Å². The molecule has 1 amide bonds. The number of ether oxygens (including phenoxy) is 1. The molecule has 0 aliphatic carbocycles. The second-order valence-corrected chi connectivity index (χ2v) is 9.88. The lowest BCUT2D eigenvalue weighted by atomic mass is 9.90. The van der Waals surface area contributed by atoms with Gasteiger partial charge in [0.1, 0.15) is 6.61 Å². The maximum atomic E-state index is 13.1. The summed E-state index contributed by atoms with van der Waals surface area (Å²) in [5, 5.41) is 27.5. The molecule has 2 aromatic carbocycles. The Morgan fingerprint density at radius 2 is 1.71 bits per heavy atom. The lowest BCUT2D eigenvalue weighted by Crippen LogP contribution is -2.32. The molecule has 0 aliphatic rings. The number of carbonyl (C=O) groups is 2. The Balaban J connectivity index is 1.94. The van der Waals surface area contributed by atoms with Gasteiger partial charge in [0.25, 0.3) is 5.91 Å². The van der Waals surface area contributed by atoms with E-state index in [9.17, 15) is 19.8 Å². The zero-order valence-corrected chi connectivity index (χ0v) is 21.0. The highest BCUT2D eigenvalue weighted by Crippen LogP contribution is 2.29. The van der Waals surface area contributed by atoms with Crippen molar-refractivity contribution >= 4 is 35.1 Å². The second kappa shape index (κ2) is 11.1. The van der Waals surface area contributed by atoms with Crippen LogP contribution in [-0.2, 0) is 4.79 Å². The van der Waals surface area contributed by atoms with Crippen molar-refractivity contribution in [3.05, 3.63) is 75.9 Å². The molecule has 3 aromatic rings. The molecule has 1 heterocycles. The van der Waals surface area contributed by atoms with Crippen molar-refractivity contribution in [2.75, 3.05) is 6.61 Å². The summed E-state index contributed by atoms with van der Waals surface area (Å²) >= 11 is 12.6. The Morgan fingerprint density at radius 1 is 1.09 bits per heavy atom. The van der Waals surface area contributed by atoms with Gasteiger partial charge in [0, 0.05) is 11.1 Å². The van der Waals surface area contributed by atoms with Crippen molar-refractivity contribution in [1.82, 2.24) is 15.1 Å². The van der Waals surface area contributed by atoms with Crippen LogP contribution in [0.3, 0.4) is 0 Å². The van der Waals surface area contributed by atoms with E-state index in [2.05, 4.69) is 10.4 Å². The summed E-state index contributed by atoms with van der Waals surface area (Å²) in [5.74, 6) is -1.53. The number of carboxylic acid groups (broad SMARTS) is 1. The highest BCUT2D eigenvalue weighted by molar-refractivity contribution is 6.32. The standard InChI is InChI=1S/C25H27Cl2N3O5/c1-25(2,3)21(31)14-35-22-12-19(29-30(22)20-11-7-6-10-17(20)27)24(34)28-18(13-23(32)33)15-8-4-5-9-16(15)26/h4-12,18,21,31H,13-14H2,1-3H3,(H,28,34)(H,32,33)/t18-,21+/m0/s1. The number of aliphatic hydroxyl groups excluding tert-OH is 1. The Bertz CT molecular complexity index is 1210. The van der Waals surface area contributed by atoms with Gasteiger partial charge in [-0.15, -0.1) is 0 Å². The van der Waals surface area contributed by atoms with Crippen LogP contribution in [0.1, 0.15) is 49.3 Å². The fourth-order valence-corrected chi connectivity index (χ4v) is 3.67. The Labute approximate surface area is 213 Å². The van der Waals surface area contributed by atoms with Gasteiger partial charge in [0.2, 0.25) is 5.88 Å². The molecule has 3 N–H and O–H groups in total. The number of halogens is 2. The van der Waals surface area contributed by atoms with Gasteiger partial charge in [-0.2, -0.15) is 9.78 Å². The summed E-state index contributed by atoms with van der Waals surface area (Å²) in [4.78, 5) is 24.6. The van der Waals surface area contributed by atoms with Crippen molar-refractivity contribution in [1.29, 1.82) is 0 Å². The van der Waals surface area contributed by atoms with Crippen LogP contribution in [0.2, 0.25) is 10.0 Å². The van der Waals surface area contributed by atoms with E-state index >= 15 is 0 Å². The molecule has 0 spiro atoms. The molecule has 10 heteroatoms. The van der Waals surface area contributed by atoms with Gasteiger partial charge in [0.15, 0.2) is 5.69 Å². The molecule has 0 bridgehead atoms. The number of carbonyl (C=O) groups excluding carboxylic acids is 1. The van der Waals surface area contributed by atoms with Gasteiger partial charge < -0.3 is 20.3 Å². The van der Waals surface area contributed by atoms with Gasteiger partial charge >= 0.3 is 5.97 Å². The van der Waals surface area contributed by atoms with Crippen LogP contribution in [0, 0.1) is 5.41 Å². The zero-order valence-electron chi connectivity index (χ0n) is 19.5. The maximum Gasteiger partial charge on any atom is 0.305 e.